The van der Waals surface area contributed by atoms with E-state index in [0.717, 1.165) is 76.8 Å². The van der Waals surface area contributed by atoms with Gasteiger partial charge in [-0.2, -0.15) is 0 Å². The molecule has 8 heteroatoms. The Bertz CT molecular complexity index is 1170. The molecule has 0 unspecified atom stereocenters. The van der Waals surface area contributed by atoms with Crippen LogP contribution >= 0.6 is 0 Å². The maximum atomic E-state index is 13.9. The number of carbonyl (C=O) groups excluding carboxylic acids is 1. The maximum absolute atomic E-state index is 13.9. The molecular formula is C27H36N4O3S. The van der Waals surface area contributed by atoms with E-state index in [-0.39, 0.29) is 22.8 Å². The van der Waals surface area contributed by atoms with Crippen LogP contribution in [0.1, 0.15) is 56.2 Å². The van der Waals surface area contributed by atoms with Crippen LogP contribution < -0.4 is 14.9 Å². The van der Waals surface area contributed by atoms with Crippen LogP contribution in [0.5, 0.6) is 0 Å². The largest absolute Gasteiger partial charge is 0.368 e. The number of nitrogens with zero attached hydrogens (tertiary/aromatic N) is 2. The van der Waals surface area contributed by atoms with Crippen LogP contribution in [0, 0.1) is 5.92 Å². The zero-order chi connectivity index (χ0) is 24.4. The van der Waals surface area contributed by atoms with Gasteiger partial charge in [0.25, 0.3) is 0 Å². The van der Waals surface area contributed by atoms with Gasteiger partial charge in [0.1, 0.15) is 4.90 Å². The molecule has 2 N–H and O–H groups in total. The highest BCUT2D eigenvalue weighted by Crippen LogP contribution is 2.35. The molecule has 35 heavy (non-hydrogen) atoms. The molecule has 2 fully saturated rings. The van der Waals surface area contributed by atoms with Gasteiger partial charge in [0.15, 0.2) is 0 Å². The van der Waals surface area contributed by atoms with E-state index in [1.165, 1.54) is 5.56 Å². The molecule has 1 saturated carbocycles. The molecule has 0 spiro atoms. The molecule has 1 saturated heterocycles. The van der Waals surface area contributed by atoms with Crippen molar-refractivity contribution in [2.75, 3.05) is 42.9 Å². The predicted molar refractivity (Wildman–Crippen MR) is 139 cm³/mol. The number of carbonyl (C=O) groups is 1. The van der Waals surface area contributed by atoms with E-state index in [9.17, 15) is 13.2 Å². The Morgan fingerprint density at radius 2 is 1.77 bits per heavy atom. The van der Waals surface area contributed by atoms with Gasteiger partial charge in [-0.3, -0.25) is 4.79 Å². The standard InChI is InChI=1S/C27H36N4O3S/c1-2-30-15-17-31(18-16-30)25-14-13-22(28-27(32)21-9-5-10-21)19-26(25)35(33,34)29-24-12-6-8-20-7-3-4-11-23(20)24/h3-4,7,11,13-14,19,21,24,29H,2,5-6,8-10,12,15-18H2,1H3,(H,28,32)/t24-/m1/s1. The number of hydrogen-bond donors (Lipinski definition) is 2. The quantitative estimate of drug-likeness (QED) is 0.607. The van der Waals surface area contributed by atoms with Gasteiger partial charge in [0.05, 0.1) is 5.69 Å². The number of likely N-dealkylation sites (N-methyl/N-ethyl adjacent to an activating group) is 1. The second-order valence-corrected chi connectivity index (χ2v) is 11.7. The van der Waals surface area contributed by atoms with Crippen molar-refractivity contribution < 1.29 is 13.2 Å². The molecule has 0 bridgehead atoms. The summed E-state index contributed by atoms with van der Waals surface area (Å²) in [5.41, 5.74) is 3.53. The monoisotopic (exact) mass is 496 g/mol. The lowest BCUT2D eigenvalue weighted by molar-refractivity contribution is -0.122. The predicted octanol–water partition coefficient (Wildman–Crippen LogP) is 3.92. The second-order valence-electron chi connectivity index (χ2n) is 9.99. The summed E-state index contributed by atoms with van der Waals surface area (Å²) in [6.45, 7) is 6.50. The molecule has 1 amide bonds. The van der Waals surface area contributed by atoms with Crippen LogP contribution in [0.15, 0.2) is 47.4 Å². The van der Waals surface area contributed by atoms with Crippen LogP contribution in [0.2, 0.25) is 0 Å². The van der Waals surface area contributed by atoms with Crippen molar-refractivity contribution in [3.63, 3.8) is 0 Å². The third-order valence-electron chi connectivity index (χ3n) is 7.82. The highest BCUT2D eigenvalue weighted by molar-refractivity contribution is 7.89. The van der Waals surface area contributed by atoms with Gasteiger partial charge in [0, 0.05) is 43.8 Å². The number of benzene rings is 2. The summed E-state index contributed by atoms with van der Waals surface area (Å²) in [5, 5.41) is 2.96. The van der Waals surface area contributed by atoms with Crippen molar-refractivity contribution in [2.45, 2.75) is 56.4 Å². The van der Waals surface area contributed by atoms with E-state index in [1.807, 2.05) is 30.3 Å². The second kappa shape index (κ2) is 10.3. The first-order valence-electron chi connectivity index (χ1n) is 13.0. The van der Waals surface area contributed by atoms with Crippen LogP contribution in [-0.4, -0.2) is 51.9 Å². The van der Waals surface area contributed by atoms with E-state index in [0.29, 0.717) is 11.4 Å². The first-order valence-corrected chi connectivity index (χ1v) is 14.5. The van der Waals surface area contributed by atoms with E-state index >= 15 is 0 Å². The van der Waals surface area contributed by atoms with Gasteiger partial charge in [-0.15, -0.1) is 0 Å². The van der Waals surface area contributed by atoms with Crippen molar-refractivity contribution in [1.82, 2.24) is 9.62 Å². The minimum Gasteiger partial charge on any atom is -0.368 e. The Labute approximate surface area is 208 Å². The van der Waals surface area contributed by atoms with Crippen molar-refractivity contribution >= 4 is 27.3 Å². The highest BCUT2D eigenvalue weighted by atomic mass is 32.2. The number of sulfonamides is 1. The highest BCUT2D eigenvalue weighted by Gasteiger charge is 2.31. The lowest BCUT2D eigenvalue weighted by Crippen LogP contribution is -2.46. The lowest BCUT2D eigenvalue weighted by atomic mass is 9.85. The fraction of sp³-hybridized carbons (Fsp3) is 0.519. The smallest absolute Gasteiger partial charge is 0.243 e. The minimum atomic E-state index is -3.83. The van der Waals surface area contributed by atoms with Crippen LogP contribution in [0.3, 0.4) is 0 Å². The Balaban J connectivity index is 1.45. The molecule has 1 aliphatic heterocycles. The summed E-state index contributed by atoms with van der Waals surface area (Å²) in [6.07, 6.45) is 5.59. The molecule has 1 atom stereocenters. The van der Waals surface area contributed by atoms with Crippen LogP contribution in [0.25, 0.3) is 0 Å². The summed E-state index contributed by atoms with van der Waals surface area (Å²) in [7, 11) is -3.83. The fourth-order valence-corrected chi connectivity index (χ4v) is 6.92. The third-order valence-corrected chi connectivity index (χ3v) is 9.32. The van der Waals surface area contributed by atoms with E-state index < -0.39 is 10.0 Å². The summed E-state index contributed by atoms with van der Waals surface area (Å²) in [5.74, 6) is 0.0202. The minimum absolute atomic E-state index is 0.0157. The number of aryl methyl sites for hydroxylation is 1. The van der Waals surface area contributed by atoms with Gasteiger partial charge in [-0.25, -0.2) is 13.1 Å². The zero-order valence-electron chi connectivity index (χ0n) is 20.5. The number of piperazine rings is 1. The van der Waals surface area contributed by atoms with Gasteiger partial charge < -0.3 is 15.1 Å². The number of anilines is 2. The van der Waals surface area contributed by atoms with Crippen molar-refractivity contribution in [2.24, 2.45) is 5.92 Å². The molecule has 7 nitrogen and oxygen atoms in total. The molecule has 5 rings (SSSR count). The van der Waals surface area contributed by atoms with Crippen LogP contribution in [-0.2, 0) is 21.2 Å². The molecular weight excluding hydrogens is 460 g/mol. The van der Waals surface area contributed by atoms with Crippen molar-refractivity contribution in [3.8, 4) is 0 Å². The Morgan fingerprint density at radius 1 is 1.00 bits per heavy atom. The molecule has 2 aliphatic carbocycles. The molecule has 0 aromatic heterocycles. The molecule has 1 heterocycles. The molecule has 0 radical (unpaired) electrons. The number of rotatable bonds is 7. The molecule has 3 aliphatic rings. The molecule has 2 aromatic carbocycles. The number of amides is 1. The SMILES string of the molecule is CCN1CCN(c2ccc(NC(=O)C3CCC3)cc2S(=O)(=O)N[C@@H]2CCCc3ccccc32)CC1. The van der Waals surface area contributed by atoms with E-state index in [1.54, 1.807) is 6.07 Å². The Kier molecular flexibility index (Phi) is 7.14. The van der Waals surface area contributed by atoms with Gasteiger partial charge in [-0.1, -0.05) is 37.6 Å². The number of fused-ring (bicyclic) bond motifs is 1. The Morgan fingerprint density at radius 3 is 2.49 bits per heavy atom. The van der Waals surface area contributed by atoms with Gasteiger partial charge in [-0.05, 0) is 68.0 Å². The average molecular weight is 497 g/mol. The fourth-order valence-electron chi connectivity index (χ4n) is 5.42. The first-order chi connectivity index (χ1) is 16.9. The first kappa shape index (κ1) is 24.3. The summed E-state index contributed by atoms with van der Waals surface area (Å²) < 4.78 is 30.8. The average Bonchev–Trinajstić information content (AvgIpc) is 2.83. The Hall–Kier alpha value is -2.42. The third kappa shape index (κ3) is 5.25. The van der Waals surface area contributed by atoms with E-state index in [2.05, 4.69) is 32.8 Å². The lowest BCUT2D eigenvalue weighted by Gasteiger charge is -2.36. The van der Waals surface area contributed by atoms with E-state index in [4.69, 9.17) is 0 Å². The summed E-state index contributed by atoms with van der Waals surface area (Å²) in [6, 6.07) is 13.2. The topological polar surface area (TPSA) is 81.8 Å². The van der Waals surface area contributed by atoms with Crippen LogP contribution in [0.4, 0.5) is 11.4 Å². The normalized spacial score (nSPS) is 21.3. The zero-order valence-corrected chi connectivity index (χ0v) is 21.3. The summed E-state index contributed by atoms with van der Waals surface area (Å²) in [4.78, 5) is 17.4. The van der Waals surface area contributed by atoms with Gasteiger partial charge >= 0.3 is 0 Å². The van der Waals surface area contributed by atoms with Gasteiger partial charge in [0.2, 0.25) is 15.9 Å². The van der Waals surface area contributed by atoms with Crippen molar-refractivity contribution in [3.05, 3.63) is 53.6 Å². The number of hydrogen-bond acceptors (Lipinski definition) is 5. The maximum Gasteiger partial charge on any atom is 0.243 e. The van der Waals surface area contributed by atoms with Crippen molar-refractivity contribution in [1.29, 1.82) is 0 Å². The number of nitrogens with one attached hydrogen (secondary N) is 2. The molecule has 188 valence electrons. The molecule has 2 aromatic rings. The summed E-state index contributed by atoms with van der Waals surface area (Å²) >= 11 is 0.